The standard InChI is InChI=1S/C21H22N4O5S/c1-28-11-12-30-16-9-5-14(6-10-16)23-21-24-17(18(22)26)20(31-21)25-19(27)13-3-7-15(29-2)8-4-13/h3-10H,11-12H2,1-2H3,(H2,22,26)(H,23,24)(H,25,27). The Morgan fingerprint density at radius 3 is 2.29 bits per heavy atom. The summed E-state index contributed by atoms with van der Waals surface area (Å²) in [4.78, 5) is 28.5. The molecule has 0 aliphatic heterocycles. The average molecular weight is 442 g/mol. The molecule has 0 atom stereocenters. The number of ether oxygens (including phenoxy) is 3. The number of carbonyl (C=O) groups is 2. The molecule has 31 heavy (non-hydrogen) atoms. The lowest BCUT2D eigenvalue weighted by Gasteiger charge is -2.07. The maximum absolute atomic E-state index is 12.5. The largest absolute Gasteiger partial charge is 0.497 e. The van der Waals surface area contributed by atoms with Crippen molar-refractivity contribution < 1.29 is 23.8 Å². The smallest absolute Gasteiger partial charge is 0.270 e. The van der Waals surface area contributed by atoms with Gasteiger partial charge in [0.05, 0.1) is 13.7 Å². The number of thiazole rings is 1. The van der Waals surface area contributed by atoms with Crippen molar-refractivity contribution in [3.8, 4) is 11.5 Å². The predicted octanol–water partition coefficient (Wildman–Crippen LogP) is 3.27. The first-order chi connectivity index (χ1) is 15.0. The van der Waals surface area contributed by atoms with E-state index in [0.29, 0.717) is 35.4 Å². The Balaban J connectivity index is 1.71. The van der Waals surface area contributed by atoms with Crippen molar-refractivity contribution in [1.82, 2.24) is 4.98 Å². The summed E-state index contributed by atoms with van der Waals surface area (Å²) in [5.41, 5.74) is 6.55. The van der Waals surface area contributed by atoms with E-state index in [9.17, 15) is 9.59 Å². The van der Waals surface area contributed by atoms with Crippen molar-refractivity contribution in [2.24, 2.45) is 5.73 Å². The summed E-state index contributed by atoms with van der Waals surface area (Å²) in [6, 6.07) is 13.8. The van der Waals surface area contributed by atoms with Gasteiger partial charge in [-0.05, 0) is 48.5 Å². The number of nitrogens with two attached hydrogens (primary N) is 1. The molecule has 0 saturated carbocycles. The molecule has 0 spiro atoms. The van der Waals surface area contributed by atoms with Crippen molar-refractivity contribution in [1.29, 1.82) is 0 Å². The van der Waals surface area contributed by atoms with E-state index in [1.807, 2.05) is 12.1 Å². The zero-order valence-electron chi connectivity index (χ0n) is 17.0. The number of nitrogens with one attached hydrogen (secondary N) is 2. The van der Waals surface area contributed by atoms with E-state index in [2.05, 4.69) is 15.6 Å². The third-order valence-corrected chi connectivity index (χ3v) is 4.99. The number of rotatable bonds is 10. The van der Waals surface area contributed by atoms with Gasteiger partial charge in [-0.3, -0.25) is 9.59 Å². The van der Waals surface area contributed by atoms with Crippen LogP contribution in [0.15, 0.2) is 48.5 Å². The van der Waals surface area contributed by atoms with E-state index in [4.69, 9.17) is 19.9 Å². The summed E-state index contributed by atoms with van der Waals surface area (Å²) in [6.07, 6.45) is 0. The van der Waals surface area contributed by atoms with Crippen molar-refractivity contribution in [2.75, 3.05) is 38.1 Å². The van der Waals surface area contributed by atoms with Crippen LogP contribution in [0.4, 0.5) is 15.8 Å². The Morgan fingerprint density at radius 1 is 1.00 bits per heavy atom. The number of anilines is 3. The quantitative estimate of drug-likeness (QED) is 0.412. The summed E-state index contributed by atoms with van der Waals surface area (Å²) >= 11 is 1.11. The lowest BCUT2D eigenvalue weighted by Crippen LogP contribution is -2.17. The van der Waals surface area contributed by atoms with E-state index in [1.54, 1.807) is 50.6 Å². The summed E-state index contributed by atoms with van der Waals surface area (Å²) in [5, 5.41) is 6.46. The maximum Gasteiger partial charge on any atom is 0.270 e. The molecule has 0 bridgehead atoms. The van der Waals surface area contributed by atoms with Gasteiger partial charge in [-0.2, -0.15) is 0 Å². The minimum atomic E-state index is -0.740. The van der Waals surface area contributed by atoms with Gasteiger partial charge in [0.25, 0.3) is 11.8 Å². The minimum Gasteiger partial charge on any atom is -0.497 e. The van der Waals surface area contributed by atoms with Gasteiger partial charge < -0.3 is 30.6 Å². The molecule has 3 aromatic rings. The minimum absolute atomic E-state index is 0.0196. The number of amides is 2. The van der Waals surface area contributed by atoms with Gasteiger partial charge in [0.15, 0.2) is 10.8 Å². The van der Waals surface area contributed by atoms with Gasteiger partial charge >= 0.3 is 0 Å². The molecule has 1 aromatic heterocycles. The topological polar surface area (TPSA) is 125 Å². The zero-order chi connectivity index (χ0) is 22.2. The highest BCUT2D eigenvalue weighted by atomic mass is 32.1. The van der Waals surface area contributed by atoms with Crippen LogP contribution in [0.1, 0.15) is 20.8 Å². The lowest BCUT2D eigenvalue weighted by molar-refractivity contribution is 0.0997. The summed E-state index contributed by atoms with van der Waals surface area (Å²) in [7, 11) is 3.15. The highest BCUT2D eigenvalue weighted by molar-refractivity contribution is 7.20. The molecule has 0 fully saturated rings. The van der Waals surface area contributed by atoms with Gasteiger partial charge in [0.1, 0.15) is 23.1 Å². The van der Waals surface area contributed by atoms with Crippen LogP contribution >= 0.6 is 11.3 Å². The van der Waals surface area contributed by atoms with Crippen LogP contribution in [-0.2, 0) is 4.74 Å². The van der Waals surface area contributed by atoms with Crippen LogP contribution in [0.25, 0.3) is 0 Å². The van der Waals surface area contributed by atoms with Crippen molar-refractivity contribution in [3.63, 3.8) is 0 Å². The number of methoxy groups -OCH3 is 2. The number of benzene rings is 2. The Hall–Kier alpha value is -3.63. The van der Waals surface area contributed by atoms with Crippen molar-refractivity contribution in [3.05, 3.63) is 59.8 Å². The molecular weight excluding hydrogens is 420 g/mol. The monoisotopic (exact) mass is 442 g/mol. The third kappa shape index (κ3) is 5.93. The molecule has 0 unspecified atom stereocenters. The molecule has 0 saturated heterocycles. The van der Waals surface area contributed by atoms with Crippen LogP contribution < -0.4 is 25.8 Å². The first-order valence-corrected chi connectivity index (χ1v) is 10.1. The number of primary amides is 1. The fourth-order valence-corrected chi connectivity index (χ4v) is 3.43. The SMILES string of the molecule is COCCOc1ccc(Nc2nc(C(N)=O)c(NC(=O)c3ccc(OC)cc3)s2)cc1. The van der Waals surface area contributed by atoms with Gasteiger partial charge in [-0.15, -0.1) is 0 Å². The second-order valence-electron chi connectivity index (χ2n) is 6.23. The molecule has 0 aliphatic carbocycles. The zero-order valence-corrected chi connectivity index (χ0v) is 17.8. The lowest BCUT2D eigenvalue weighted by atomic mass is 10.2. The van der Waals surface area contributed by atoms with E-state index in [-0.39, 0.29) is 10.7 Å². The molecule has 9 nitrogen and oxygen atoms in total. The second-order valence-corrected chi connectivity index (χ2v) is 7.23. The van der Waals surface area contributed by atoms with Crippen molar-refractivity contribution in [2.45, 2.75) is 0 Å². The number of hydrogen-bond donors (Lipinski definition) is 3. The van der Waals surface area contributed by atoms with E-state index in [1.165, 1.54) is 0 Å². The predicted molar refractivity (Wildman–Crippen MR) is 119 cm³/mol. The van der Waals surface area contributed by atoms with Gasteiger partial charge in [-0.25, -0.2) is 4.98 Å². The molecule has 10 heteroatoms. The van der Waals surface area contributed by atoms with Crippen LogP contribution in [0.3, 0.4) is 0 Å². The number of aromatic nitrogens is 1. The summed E-state index contributed by atoms with van der Waals surface area (Å²) in [5.74, 6) is 0.204. The van der Waals surface area contributed by atoms with Gasteiger partial charge in [0, 0.05) is 18.4 Å². The summed E-state index contributed by atoms with van der Waals surface area (Å²) in [6.45, 7) is 0.953. The fourth-order valence-electron chi connectivity index (χ4n) is 2.54. The van der Waals surface area contributed by atoms with Gasteiger partial charge in [-0.1, -0.05) is 11.3 Å². The van der Waals surface area contributed by atoms with Gasteiger partial charge in [0.2, 0.25) is 0 Å². The molecule has 2 aromatic carbocycles. The van der Waals surface area contributed by atoms with Crippen LogP contribution in [-0.4, -0.2) is 44.2 Å². The van der Waals surface area contributed by atoms with E-state index in [0.717, 1.165) is 17.0 Å². The van der Waals surface area contributed by atoms with Crippen LogP contribution in [0.5, 0.6) is 11.5 Å². The molecule has 3 rings (SSSR count). The number of carbonyl (C=O) groups excluding carboxylic acids is 2. The Kier molecular flexibility index (Phi) is 7.41. The Morgan fingerprint density at radius 2 is 1.68 bits per heavy atom. The summed E-state index contributed by atoms with van der Waals surface area (Å²) < 4.78 is 15.6. The number of nitrogens with zero attached hydrogens (tertiary/aromatic N) is 1. The fraction of sp³-hybridized carbons (Fsp3) is 0.190. The number of hydrogen-bond acceptors (Lipinski definition) is 8. The van der Waals surface area contributed by atoms with E-state index >= 15 is 0 Å². The molecule has 162 valence electrons. The molecule has 4 N–H and O–H groups in total. The van der Waals surface area contributed by atoms with Crippen LogP contribution in [0.2, 0.25) is 0 Å². The molecule has 2 amide bonds. The average Bonchev–Trinajstić information content (AvgIpc) is 3.17. The Labute approximate surface area is 183 Å². The second kappa shape index (κ2) is 10.4. The molecular formula is C21H22N4O5S. The molecule has 0 radical (unpaired) electrons. The Bertz CT molecular complexity index is 1030. The first-order valence-electron chi connectivity index (χ1n) is 9.25. The molecule has 0 aliphatic rings. The highest BCUT2D eigenvalue weighted by Gasteiger charge is 2.19. The first kappa shape index (κ1) is 22.1. The van der Waals surface area contributed by atoms with Crippen LogP contribution in [0, 0.1) is 0 Å². The van der Waals surface area contributed by atoms with Crippen molar-refractivity contribution >= 4 is 39.0 Å². The molecule has 1 heterocycles. The highest BCUT2D eigenvalue weighted by Crippen LogP contribution is 2.31. The third-order valence-electron chi connectivity index (χ3n) is 4.10. The maximum atomic E-state index is 12.5. The van der Waals surface area contributed by atoms with E-state index < -0.39 is 11.8 Å². The normalized spacial score (nSPS) is 10.4.